The number of aromatic nitrogens is 4. The molecular weight excluding hydrogens is 278 g/mol. The zero-order valence-corrected chi connectivity index (χ0v) is 13.1. The van der Waals surface area contributed by atoms with Crippen molar-refractivity contribution in [2.45, 2.75) is 31.7 Å². The van der Waals surface area contributed by atoms with Gasteiger partial charge in [-0.15, -0.1) is 0 Å². The molecular formula is C12H19N5O2S. The molecule has 7 nitrogen and oxygen atoms in total. The molecule has 2 rings (SSSR count). The molecule has 0 aliphatic rings. The molecule has 0 aromatic carbocycles. The lowest BCUT2D eigenvalue weighted by atomic mass is 10.1. The SMILES string of the molecule is Cc1c(C(C)NS(=O)(=O)c2cnn(C)c2C)cnn1C. The Morgan fingerprint density at radius 3 is 2.10 bits per heavy atom. The Balaban J connectivity index is 2.29. The number of nitrogens with zero attached hydrogens (tertiary/aromatic N) is 4. The Hall–Kier alpha value is -1.67. The molecule has 2 aromatic heterocycles. The fourth-order valence-corrected chi connectivity index (χ4v) is 3.47. The predicted octanol–water partition coefficient (Wildman–Crippen LogP) is 0.810. The molecule has 0 fully saturated rings. The van der Waals surface area contributed by atoms with Crippen LogP contribution in [0.1, 0.15) is 29.9 Å². The van der Waals surface area contributed by atoms with Crippen LogP contribution in [-0.2, 0) is 24.1 Å². The van der Waals surface area contributed by atoms with E-state index < -0.39 is 10.0 Å². The number of nitrogens with one attached hydrogen (secondary N) is 1. The van der Waals surface area contributed by atoms with Crippen LogP contribution in [0.4, 0.5) is 0 Å². The second kappa shape index (κ2) is 5.02. The van der Waals surface area contributed by atoms with Gasteiger partial charge in [-0.25, -0.2) is 13.1 Å². The summed E-state index contributed by atoms with van der Waals surface area (Å²) in [6.07, 6.45) is 3.04. The van der Waals surface area contributed by atoms with Gasteiger partial charge in [-0.05, 0) is 20.8 Å². The highest BCUT2D eigenvalue weighted by Crippen LogP contribution is 2.20. The van der Waals surface area contributed by atoms with Gasteiger partial charge in [0.1, 0.15) is 4.90 Å². The van der Waals surface area contributed by atoms with Gasteiger partial charge in [0, 0.05) is 31.4 Å². The van der Waals surface area contributed by atoms with Gasteiger partial charge >= 0.3 is 0 Å². The van der Waals surface area contributed by atoms with E-state index in [4.69, 9.17) is 0 Å². The average Bonchev–Trinajstić information content (AvgIpc) is 2.85. The van der Waals surface area contributed by atoms with Crippen molar-refractivity contribution in [2.24, 2.45) is 14.1 Å². The summed E-state index contributed by atoms with van der Waals surface area (Å²) in [5.41, 5.74) is 2.40. The van der Waals surface area contributed by atoms with Crippen LogP contribution in [0.3, 0.4) is 0 Å². The van der Waals surface area contributed by atoms with E-state index >= 15 is 0 Å². The summed E-state index contributed by atoms with van der Waals surface area (Å²) >= 11 is 0. The van der Waals surface area contributed by atoms with Gasteiger partial charge < -0.3 is 0 Å². The summed E-state index contributed by atoms with van der Waals surface area (Å²) in [7, 11) is -0.0593. The molecule has 0 amide bonds. The topological polar surface area (TPSA) is 81.8 Å². The van der Waals surface area contributed by atoms with Crippen molar-refractivity contribution < 1.29 is 8.42 Å². The highest BCUT2D eigenvalue weighted by molar-refractivity contribution is 7.89. The number of hydrogen-bond acceptors (Lipinski definition) is 4. The maximum absolute atomic E-state index is 12.4. The minimum absolute atomic E-state index is 0.202. The summed E-state index contributed by atoms with van der Waals surface area (Å²) in [5, 5.41) is 8.09. The smallest absolute Gasteiger partial charge is 0.244 e. The van der Waals surface area contributed by atoms with E-state index in [0.717, 1.165) is 11.3 Å². The zero-order valence-electron chi connectivity index (χ0n) is 12.2. The number of hydrogen-bond donors (Lipinski definition) is 1. The van der Waals surface area contributed by atoms with Crippen molar-refractivity contribution in [2.75, 3.05) is 0 Å². The predicted molar refractivity (Wildman–Crippen MR) is 74.6 cm³/mol. The molecule has 1 atom stereocenters. The summed E-state index contributed by atoms with van der Waals surface area (Å²) < 4.78 is 30.7. The molecule has 1 unspecified atom stereocenters. The molecule has 110 valence electrons. The van der Waals surface area contributed by atoms with E-state index in [2.05, 4.69) is 14.9 Å². The minimum atomic E-state index is -3.60. The summed E-state index contributed by atoms with van der Waals surface area (Å²) in [5.74, 6) is 0. The Morgan fingerprint density at radius 2 is 1.65 bits per heavy atom. The van der Waals surface area contributed by atoms with Gasteiger partial charge in [0.15, 0.2) is 0 Å². The highest BCUT2D eigenvalue weighted by atomic mass is 32.2. The fraction of sp³-hybridized carbons (Fsp3) is 0.500. The van der Waals surface area contributed by atoms with E-state index in [1.165, 1.54) is 10.9 Å². The third kappa shape index (κ3) is 2.48. The van der Waals surface area contributed by atoms with Gasteiger partial charge in [-0.1, -0.05) is 0 Å². The zero-order chi connectivity index (χ0) is 15.1. The lowest BCUT2D eigenvalue weighted by Gasteiger charge is -2.13. The molecule has 0 bridgehead atoms. The van der Waals surface area contributed by atoms with Crippen LogP contribution in [-0.4, -0.2) is 28.0 Å². The molecule has 0 saturated carbocycles. The Bertz CT molecular complexity index is 729. The molecule has 0 aliphatic carbocycles. The normalized spacial score (nSPS) is 13.7. The molecule has 2 heterocycles. The standard InChI is InChI=1S/C12H19N5O2S/c1-8(11-6-13-16(4)9(11)2)15-20(18,19)12-7-14-17(5)10(12)3/h6-8,15H,1-5H3. The van der Waals surface area contributed by atoms with Crippen LogP contribution < -0.4 is 4.72 Å². The monoisotopic (exact) mass is 297 g/mol. The van der Waals surface area contributed by atoms with Crippen LogP contribution in [0.2, 0.25) is 0 Å². The van der Waals surface area contributed by atoms with Crippen molar-refractivity contribution in [3.05, 3.63) is 29.3 Å². The van der Waals surface area contributed by atoms with Crippen LogP contribution in [0.15, 0.2) is 17.3 Å². The van der Waals surface area contributed by atoms with Crippen molar-refractivity contribution >= 4 is 10.0 Å². The van der Waals surface area contributed by atoms with E-state index in [9.17, 15) is 8.42 Å². The largest absolute Gasteiger partial charge is 0.273 e. The Labute approximate surface area is 118 Å². The molecule has 0 saturated heterocycles. The molecule has 1 N–H and O–H groups in total. The first-order valence-corrected chi connectivity index (χ1v) is 7.71. The maximum Gasteiger partial charge on any atom is 0.244 e. The summed E-state index contributed by atoms with van der Waals surface area (Å²) in [6, 6.07) is -0.353. The third-order valence-electron chi connectivity index (χ3n) is 3.55. The molecule has 0 spiro atoms. The van der Waals surface area contributed by atoms with Crippen molar-refractivity contribution in [3.8, 4) is 0 Å². The molecule has 0 aliphatic heterocycles. The van der Waals surface area contributed by atoms with Gasteiger partial charge in [0.05, 0.1) is 18.1 Å². The van der Waals surface area contributed by atoms with Crippen LogP contribution >= 0.6 is 0 Å². The van der Waals surface area contributed by atoms with Gasteiger partial charge in [-0.2, -0.15) is 10.2 Å². The van der Waals surface area contributed by atoms with E-state index in [-0.39, 0.29) is 10.9 Å². The van der Waals surface area contributed by atoms with E-state index in [1.807, 2.05) is 14.0 Å². The first-order valence-electron chi connectivity index (χ1n) is 6.23. The van der Waals surface area contributed by atoms with Crippen molar-refractivity contribution in [1.82, 2.24) is 24.3 Å². The second-order valence-corrected chi connectivity index (χ2v) is 6.55. The maximum atomic E-state index is 12.4. The van der Waals surface area contributed by atoms with Gasteiger partial charge in [0.2, 0.25) is 10.0 Å². The van der Waals surface area contributed by atoms with Crippen LogP contribution in [0.25, 0.3) is 0 Å². The van der Waals surface area contributed by atoms with Gasteiger partial charge in [0.25, 0.3) is 0 Å². The first-order chi connectivity index (χ1) is 9.24. The minimum Gasteiger partial charge on any atom is -0.273 e. The number of sulfonamides is 1. The van der Waals surface area contributed by atoms with Crippen molar-refractivity contribution in [1.29, 1.82) is 0 Å². The highest BCUT2D eigenvalue weighted by Gasteiger charge is 2.24. The van der Waals surface area contributed by atoms with Crippen LogP contribution in [0, 0.1) is 13.8 Å². The molecule has 8 heteroatoms. The number of aryl methyl sites for hydroxylation is 2. The summed E-state index contributed by atoms with van der Waals surface area (Å²) in [4.78, 5) is 0.202. The van der Waals surface area contributed by atoms with E-state index in [0.29, 0.717) is 5.69 Å². The second-order valence-electron chi connectivity index (χ2n) is 4.87. The molecule has 2 aromatic rings. The lowest BCUT2D eigenvalue weighted by Crippen LogP contribution is -2.27. The van der Waals surface area contributed by atoms with Crippen LogP contribution in [0.5, 0.6) is 0 Å². The van der Waals surface area contributed by atoms with E-state index in [1.54, 1.807) is 31.8 Å². The fourth-order valence-electron chi connectivity index (χ4n) is 2.04. The average molecular weight is 297 g/mol. The lowest BCUT2D eigenvalue weighted by molar-refractivity contribution is 0.565. The Kier molecular flexibility index (Phi) is 3.70. The molecule has 0 radical (unpaired) electrons. The first kappa shape index (κ1) is 14.7. The summed E-state index contributed by atoms with van der Waals surface area (Å²) in [6.45, 7) is 5.43. The molecule has 20 heavy (non-hydrogen) atoms. The number of rotatable bonds is 4. The Morgan fingerprint density at radius 1 is 1.10 bits per heavy atom. The third-order valence-corrected chi connectivity index (χ3v) is 5.20. The quantitative estimate of drug-likeness (QED) is 0.905. The van der Waals surface area contributed by atoms with Crippen molar-refractivity contribution in [3.63, 3.8) is 0 Å². The van der Waals surface area contributed by atoms with Gasteiger partial charge in [-0.3, -0.25) is 9.36 Å².